The van der Waals surface area contributed by atoms with E-state index >= 15 is 0 Å². The number of thioether (sulfide) groups is 1. The third kappa shape index (κ3) is 4.64. The second kappa shape index (κ2) is 8.65. The molecule has 3 heteroatoms. The van der Waals surface area contributed by atoms with Gasteiger partial charge in [-0.3, -0.25) is 0 Å². The van der Waals surface area contributed by atoms with Crippen molar-refractivity contribution < 1.29 is 4.74 Å². The minimum Gasteiger partial charge on any atom is -0.375 e. The SMILES string of the molecule is CCCNC(CCSC)C1CCOC2(CCCCC2)C1. The zero-order valence-corrected chi connectivity index (χ0v) is 14.3. The van der Waals surface area contributed by atoms with Crippen molar-refractivity contribution in [3.8, 4) is 0 Å². The van der Waals surface area contributed by atoms with Gasteiger partial charge in [0.1, 0.15) is 0 Å². The van der Waals surface area contributed by atoms with Gasteiger partial charge in [0.15, 0.2) is 0 Å². The van der Waals surface area contributed by atoms with E-state index in [9.17, 15) is 0 Å². The number of nitrogens with one attached hydrogen (secondary N) is 1. The first kappa shape index (κ1) is 16.6. The van der Waals surface area contributed by atoms with Crippen molar-refractivity contribution in [3.63, 3.8) is 0 Å². The van der Waals surface area contributed by atoms with E-state index in [-0.39, 0.29) is 5.60 Å². The summed E-state index contributed by atoms with van der Waals surface area (Å²) in [6, 6.07) is 0.713. The number of rotatable bonds is 7. The van der Waals surface area contributed by atoms with Crippen LogP contribution in [0.2, 0.25) is 0 Å². The van der Waals surface area contributed by atoms with E-state index < -0.39 is 0 Å². The lowest BCUT2D eigenvalue weighted by Gasteiger charge is -2.45. The summed E-state index contributed by atoms with van der Waals surface area (Å²) < 4.78 is 6.26. The van der Waals surface area contributed by atoms with Gasteiger partial charge in [0.2, 0.25) is 0 Å². The first-order valence-corrected chi connectivity index (χ1v) is 10.1. The standard InChI is InChI=1S/C17H33NOS/c1-3-11-18-16(8-13-20-2)15-7-12-19-17(14-15)9-5-4-6-10-17/h15-16,18H,3-14H2,1-2H3. The smallest absolute Gasteiger partial charge is 0.0685 e. The minimum atomic E-state index is 0.257. The highest BCUT2D eigenvalue weighted by molar-refractivity contribution is 7.98. The van der Waals surface area contributed by atoms with Crippen LogP contribution in [-0.4, -0.2) is 36.8 Å². The predicted octanol–water partition coefficient (Wildman–Crippen LogP) is 4.24. The normalized spacial score (nSPS) is 27.6. The highest BCUT2D eigenvalue weighted by atomic mass is 32.2. The second-order valence-electron chi connectivity index (χ2n) is 6.69. The number of ether oxygens (including phenoxy) is 1. The molecule has 0 bridgehead atoms. The molecule has 2 aliphatic rings. The quantitative estimate of drug-likeness (QED) is 0.760. The van der Waals surface area contributed by atoms with E-state index in [1.807, 2.05) is 11.8 Å². The molecular weight excluding hydrogens is 266 g/mol. The van der Waals surface area contributed by atoms with Gasteiger partial charge < -0.3 is 10.1 Å². The molecule has 1 aliphatic heterocycles. The second-order valence-corrected chi connectivity index (χ2v) is 7.67. The van der Waals surface area contributed by atoms with Crippen LogP contribution in [0.25, 0.3) is 0 Å². The first-order valence-electron chi connectivity index (χ1n) is 8.66. The molecule has 0 aromatic rings. The Bertz CT molecular complexity index is 252. The van der Waals surface area contributed by atoms with Crippen LogP contribution < -0.4 is 5.32 Å². The molecule has 0 amide bonds. The van der Waals surface area contributed by atoms with Crippen molar-refractivity contribution in [2.45, 2.75) is 76.4 Å². The minimum absolute atomic E-state index is 0.257. The van der Waals surface area contributed by atoms with Gasteiger partial charge in [-0.15, -0.1) is 0 Å². The van der Waals surface area contributed by atoms with Crippen LogP contribution in [0.15, 0.2) is 0 Å². The Morgan fingerprint density at radius 2 is 2.10 bits per heavy atom. The molecule has 0 aromatic heterocycles. The largest absolute Gasteiger partial charge is 0.375 e. The van der Waals surface area contributed by atoms with Crippen LogP contribution in [0, 0.1) is 5.92 Å². The molecule has 1 aliphatic carbocycles. The summed E-state index contributed by atoms with van der Waals surface area (Å²) in [7, 11) is 0. The van der Waals surface area contributed by atoms with Gasteiger partial charge in [-0.25, -0.2) is 0 Å². The lowest BCUT2D eigenvalue weighted by atomic mass is 9.73. The van der Waals surface area contributed by atoms with Crippen LogP contribution in [0.1, 0.15) is 64.7 Å². The summed E-state index contributed by atoms with van der Waals surface area (Å²) in [4.78, 5) is 0. The molecular formula is C17H33NOS. The predicted molar refractivity (Wildman–Crippen MR) is 89.6 cm³/mol. The fraction of sp³-hybridized carbons (Fsp3) is 1.00. The molecule has 0 radical (unpaired) electrons. The molecule has 2 rings (SSSR count). The highest BCUT2D eigenvalue weighted by Gasteiger charge is 2.40. The van der Waals surface area contributed by atoms with Crippen LogP contribution in [0.5, 0.6) is 0 Å². The van der Waals surface area contributed by atoms with Gasteiger partial charge in [-0.2, -0.15) is 11.8 Å². The number of hydrogen-bond acceptors (Lipinski definition) is 3. The molecule has 1 saturated heterocycles. The molecule has 1 N–H and O–H groups in total. The van der Waals surface area contributed by atoms with Crippen LogP contribution >= 0.6 is 11.8 Å². The molecule has 0 aromatic carbocycles. The van der Waals surface area contributed by atoms with Gasteiger partial charge in [0.25, 0.3) is 0 Å². The highest BCUT2D eigenvalue weighted by Crippen LogP contribution is 2.42. The summed E-state index contributed by atoms with van der Waals surface area (Å²) in [5.41, 5.74) is 0.257. The Labute approximate surface area is 129 Å². The summed E-state index contributed by atoms with van der Waals surface area (Å²) in [5, 5.41) is 3.83. The van der Waals surface area contributed by atoms with E-state index in [2.05, 4.69) is 18.5 Å². The van der Waals surface area contributed by atoms with E-state index in [1.54, 1.807) is 0 Å². The molecule has 1 heterocycles. The molecule has 1 saturated carbocycles. The van der Waals surface area contributed by atoms with Crippen LogP contribution in [-0.2, 0) is 4.74 Å². The van der Waals surface area contributed by atoms with Crippen molar-refractivity contribution in [2.24, 2.45) is 5.92 Å². The van der Waals surface area contributed by atoms with Crippen LogP contribution in [0.4, 0.5) is 0 Å². The molecule has 20 heavy (non-hydrogen) atoms. The Morgan fingerprint density at radius 1 is 1.30 bits per heavy atom. The van der Waals surface area contributed by atoms with Crippen molar-refractivity contribution in [1.82, 2.24) is 5.32 Å². The van der Waals surface area contributed by atoms with Crippen molar-refractivity contribution in [1.29, 1.82) is 0 Å². The Kier molecular flexibility index (Phi) is 7.20. The van der Waals surface area contributed by atoms with Gasteiger partial charge in [0, 0.05) is 12.6 Å². The summed E-state index contributed by atoms with van der Waals surface area (Å²) in [5.74, 6) is 2.12. The fourth-order valence-electron chi connectivity index (χ4n) is 4.03. The molecule has 2 unspecified atom stereocenters. The molecule has 118 valence electrons. The van der Waals surface area contributed by atoms with E-state index in [0.29, 0.717) is 6.04 Å². The molecule has 2 fully saturated rings. The maximum absolute atomic E-state index is 6.26. The summed E-state index contributed by atoms with van der Waals surface area (Å²) >= 11 is 1.98. The third-order valence-electron chi connectivity index (χ3n) is 5.15. The average Bonchev–Trinajstić information content (AvgIpc) is 2.48. The average molecular weight is 300 g/mol. The van der Waals surface area contributed by atoms with Crippen molar-refractivity contribution >= 4 is 11.8 Å². The Hall–Kier alpha value is 0.270. The maximum atomic E-state index is 6.26. The van der Waals surface area contributed by atoms with E-state index in [4.69, 9.17) is 4.74 Å². The number of hydrogen-bond donors (Lipinski definition) is 1. The zero-order chi connectivity index (χ0) is 14.3. The van der Waals surface area contributed by atoms with Gasteiger partial charge in [0.05, 0.1) is 5.60 Å². The van der Waals surface area contributed by atoms with Gasteiger partial charge in [-0.05, 0) is 63.0 Å². The topological polar surface area (TPSA) is 21.3 Å². The summed E-state index contributed by atoms with van der Waals surface area (Å²) in [6.45, 7) is 4.43. The monoisotopic (exact) mass is 299 g/mol. The van der Waals surface area contributed by atoms with Crippen LogP contribution in [0.3, 0.4) is 0 Å². The van der Waals surface area contributed by atoms with E-state index in [1.165, 1.54) is 70.1 Å². The molecule has 1 spiro atoms. The summed E-state index contributed by atoms with van der Waals surface area (Å²) in [6.07, 6.45) is 14.2. The first-order chi connectivity index (χ1) is 9.79. The fourth-order valence-corrected chi connectivity index (χ4v) is 4.52. The van der Waals surface area contributed by atoms with Gasteiger partial charge in [-0.1, -0.05) is 26.2 Å². The zero-order valence-electron chi connectivity index (χ0n) is 13.5. The Balaban J connectivity index is 1.92. The van der Waals surface area contributed by atoms with Crippen molar-refractivity contribution in [2.75, 3.05) is 25.2 Å². The maximum Gasteiger partial charge on any atom is 0.0685 e. The van der Waals surface area contributed by atoms with E-state index in [0.717, 1.165) is 12.5 Å². The lowest BCUT2D eigenvalue weighted by molar-refractivity contribution is -0.121. The molecule has 2 atom stereocenters. The van der Waals surface area contributed by atoms with Crippen molar-refractivity contribution in [3.05, 3.63) is 0 Å². The Morgan fingerprint density at radius 3 is 2.80 bits per heavy atom. The molecule has 2 nitrogen and oxygen atoms in total. The third-order valence-corrected chi connectivity index (χ3v) is 5.80. The lowest BCUT2D eigenvalue weighted by Crippen LogP contribution is -2.48. The van der Waals surface area contributed by atoms with Gasteiger partial charge >= 0.3 is 0 Å².